The highest BCUT2D eigenvalue weighted by Crippen LogP contribution is 2.33. The number of benzene rings is 2. The van der Waals surface area contributed by atoms with Crippen LogP contribution in [0.1, 0.15) is 0 Å². The summed E-state index contributed by atoms with van der Waals surface area (Å²) in [5.41, 5.74) is 3.07. The lowest BCUT2D eigenvalue weighted by Gasteiger charge is -1.98. The Morgan fingerprint density at radius 3 is 2.70 bits per heavy atom. The molecule has 0 bridgehead atoms. The summed E-state index contributed by atoms with van der Waals surface area (Å²) in [6.45, 7) is 0. The van der Waals surface area contributed by atoms with Gasteiger partial charge in [0.15, 0.2) is 5.58 Å². The fraction of sp³-hybridized carbons (Fsp3) is 0. The highest BCUT2D eigenvalue weighted by molar-refractivity contribution is 6.36. The second-order valence-corrected chi connectivity index (χ2v) is 4.90. The summed E-state index contributed by atoms with van der Waals surface area (Å²) in [5, 5.41) is 1.51. The SMILES string of the molecule is Clc1cc2nc(-c3ccccc3)oc2c2ncccc12. The molecule has 0 amide bonds. The van der Waals surface area contributed by atoms with Crippen molar-refractivity contribution in [2.24, 2.45) is 0 Å². The van der Waals surface area contributed by atoms with Crippen molar-refractivity contribution in [1.29, 1.82) is 0 Å². The second kappa shape index (κ2) is 4.32. The highest BCUT2D eigenvalue weighted by Gasteiger charge is 2.13. The minimum atomic E-state index is 0.579. The zero-order valence-electron chi connectivity index (χ0n) is 10.4. The quantitative estimate of drug-likeness (QED) is 0.507. The fourth-order valence-corrected chi connectivity index (χ4v) is 2.54. The molecule has 0 saturated carbocycles. The van der Waals surface area contributed by atoms with E-state index in [1.807, 2.05) is 48.5 Å². The highest BCUT2D eigenvalue weighted by atomic mass is 35.5. The average molecular weight is 281 g/mol. The van der Waals surface area contributed by atoms with Crippen molar-refractivity contribution in [3.8, 4) is 11.5 Å². The molecule has 4 heteroatoms. The van der Waals surface area contributed by atoms with Crippen LogP contribution in [0.3, 0.4) is 0 Å². The number of aromatic nitrogens is 2. The molecule has 0 aliphatic rings. The van der Waals surface area contributed by atoms with Crippen molar-refractivity contribution in [1.82, 2.24) is 9.97 Å². The van der Waals surface area contributed by atoms with Crippen LogP contribution in [-0.4, -0.2) is 9.97 Å². The van der Waals surface area contributed by atoms with E-state index in [1.54, 1.807) is 6.20 Å². The Hall–Kier alpha value is -2.39. The van der Waals surface area contributed by atoms with Crippen molar-refractivity contribution in [2.45, 2.75) is 0 Å². The van der Waals surface area contributed by atoms with Crippen LogP contribution in [0.25, 0.3) is 33.5 Å². The summed E-state index contributed by atoms with van der Waals surface area (Å²) >= 11 is 6.27. The van der Waals surface area contributed by atoms with Crippen molar-refractivity contribution >= 4 is 33.6 Å². The number of halogens is 1. The molecule has 0 aliphatic heterocycles. The van der Waals surface area contributed by atoms with E-state index in [-0.39, 0.29) is 0 Å². The monoisotopic (exact) mass is 280 g/mol. The number of hydrogen-bond acceptors (Lipinski definition) is 3. The van der Waals surface area contributed by atoms with Crippen LogP contribution in [0.2, 0.25) is 5.02 Å². The van der Waals surface area contributed by atoms with E-state index in [2.05, 4.69) is 9.97 Å². The molecule has 4 aromatic rings. The Balaban J connectivity index is 2.07. The van der Waals surface area contributed by atoms with Crippen LogP contribution in [0.5, 0.6) is 0 Å². The molecule has 0 N–H and O–H groups in total. The molecule has 2 aromatic heterocycles. The molecule has 2 aromatic carbocycles. The van der Waals surface area contributed by atoms with E-state index in [9.17, 15) is 0 Å². The van der Waals surface area contributed by atoms with Gasteiger partial charge in [0.05, 0.1) is 5.02 Å². The molecule has 20 heavy (non-hydrogen) atoms. The number of nitrogens with zero attached hydrogens (tertiary/aromatic N) is 2. The lowest BCUT2D eigenvalue weighted by atomic mass is 10.2. The lowest BCUT2D eigenvalue weighted by Crippen LogP contribution is -1.80. The first-order valence-electron chi connectivity index (χ1n) is 6.22. The summed E-state index contributed by atoms with van der Waals surface area (Å²) < 4.78 is 5.89. The Morgan fingerprint density at radius 1 is 1.00 bits per heavy atom. The predicted octanol–water partition coefficient (Wildman–Crippen LogP) is 4.70. The van der Waals surface area contributed by atoms with Crippen molar-refractivity contribution in [3.63, 3.8) is 0 Å². The van der Waals surface area contributed by atoms with Gasteiger partial charge in [-0.25, -0.2) is 4.98 Å². The van der Waals surface area contributed by atoms with Crippen LogP contribution in [0.4, 0.5) is 0 Å². The molecule has 3 nitrogen and oxygen atoms in total. The summed E-state index contributed by atoms with van der Waals surface area (Å²) in [5.74, 6) is 0.579. The summed E-state index contributed by atoms with van der Waals surface area (Å²) in [4.78, 5) is 8.86. The molecule has 0 atom stereocenters. The number of oxazole rings is 1. The summed E-state index contributed by atoms with van der Waals surface area (Å²) in [6.07, 6.45) is 1.73. The first-order valence-corrected chi connectivity index (χ1v) is 6.60. The van der Waals surface area contributed by atoms with Gasteiger partial charge >= 0.3 is 0 Å². The largest absolute Gasteiger partial charge is 0.434 e. The molecule has 2 heterocycles. The topological polar surface area (TPSA) is 38.9 Å². The van der Waals surface area contributed by atoms with Gasteiger partial charge in [0.1, 0.15) is 11.0 Å². The van der Waals surface area contributed by atoms with Gasteiger partial charge in [0, 0.05) is 17.1 Å². The zero-order chi connectivity index (χ0) is 13.5. The van der Waals surface area contributed by atoms with Gasteiger partial charge in [0.2, 0.25) is 5.89 Å². The van der Waals surface area contributed by atoms with Crippen LogP contribution < -0.4 is 0 Å². The fourth-order valence-electron chi connectivity index (χ4n) is 2.28. The molecule has 0 unspecified atom stereocenters. The van der Waals surface area contributed by atoms with Gasteiger partial charge in [-0.15, -0.1) is 0 Å². The van der Waals surface area contributed by atoms with Crippen LogP contribution in [0, 0.1) is 0 Å². The van der Waals surface area contributed by atoms with E-state index in [4.69, 9.17) is 16.0 Å². The van der Waals surface area contributed by atoms with E-state index in [0.717, 1.165) is 22.0 Å². The minimum Gasteiger partial charge on any atom is -0.434 e. The van der Waals surface area contributed by atoms with Gasteiger partial charge in [-0.1, -0.05) is 29.8 Å². The summed E-state index contributed by atoms with van der Waals surface area (Å²) in [6, 6.07) is 15.4. The van der Waals surface area contributed by atoms with E-state index in [0.29, 0.717) is 16.5 Å². The maximum atomic E-state index is 6.27. The lowest BCUT2D eigenvalue weighted by molar-refractivity contribution is 0.622. The van der Waals surface area contributed by atoms with Gasteiger partial charge in [-0.05, 0) is 30.3 Å². The zero-order valence-corrected chi connectivity index (χ0v) is 11.1. The van der Waals surface area contributed by atoms with E-state index in [1.165, 1.54) is 0 Å². The van der Waals surface area contributed by atoms with Crippen LogP contribution in [0.15, 0.2) is 59.1 Å². The summed E-state index contributed by atoms with van der Waals surface area (Å²) in [7, 11) is 0. The molecule has 0 aliphatic carbocycles. The first kappa shape index (κ1) is 11.4. The number of pyridine rings is 1. The van der Waals surface area contributed by atoms with Crippen molar-refractivity contribution < 1.29 is 4.42 Å². The standard InChI is InChI=1S/C16H9ClN2O/c17-12-9-13-15(14-11(12)7-4-8-18-14)20-16(19-13)10-5-2-1-3-6-10/h1-9H. The van der Waals surface area contributed by atoms with Gasteiger partial charge in [0.25, 0.3) is 0 Å². The number of rotatable bonds is 1. The van der Waals surface area contributed by atoms with Gasteiger partial charge in [-0.2, -0.15) is 0 Å². The predicted molar refractivity (Wildman–Crippen MR) is 79.8 cm³/mol. The van der Waals surface area contributed by atoms with E-state index < -0.39 is 0 Å². The number of fused-ring (bicyclic) bond motifs is 3. The maximum Gasteiger partial charge on any atom is 0.227 e. The van der Waals surface area contributed by atoms with Crippen LogP contribution >= 0.6 is 11.6 Å². The second-order valence-electron chi connectivity index (χ2n) is 4.49. The third-order valence-electron chi connectivity index (χ3n) is 3.22. The molecule has 96 valence electrons. The first-order chi connectivity index (χ1) is 9.83. The maximum absolute atomic E-state index is 6.27. The van der Waals surface area contributed by atoms with E-state index >= 15 is 0 Å². The normalized spacial score (nSPS) is 11.2. The van der Waals surface area contributed by atoms with Crippen molar-refractivity contribution in [3.05, 3.63) is 59.8 Å². The molecular formula is C16H9ClN2O. The third kappa shape index (κ3) is 1.67. The van der Waals surface area contributed by atoms with Crippen molar-refractivity contribution in [2.75, 3.05) is 0 Å². The Bertz CT molecular complexity index is 916. The average Bonchev–Trinajstić information content (AvgIpc) is 2.93. The smallest absolute Gasteiger partial charge is 0.227 e. The van der Waals surface area contributed by atoms with Crippen LogP contribution in [-0.2, 0) is 0 Å². The van der Waals surface area contributed by atoms with Gasteiger partial charge in [-0.3, -0.25) is 4.98 Å². The molecular weight excluding hydrogens is 272 g/mol. The van der Waals surface area contributed by atoms with Gasteiger partial charge < -0.3 is 4.42 Å². The molecule has 4 rings (SSSR count). The number of hydrogen-bond donors (Lipinski definition) is 0. The molecule has 0 spiro atoms. The Morgan fingerprint density at radius 2 is 1.85 bits per heavy atom. The Labute approximate surface area is 119 Å². The minimum absolute atomic E-state index is 0.579. The Kier molecular flexibility index (Phi) is 2.47. The molecule has 0 fully saturated rings. The third-order valence-corrected chi connectivity index (χ3v) is 3.53. The molecule has 0 saturated heterocycles. The molecule has 0 radical (unpaired) electrons.